The number of methoxy groups -OCH3 is 1. The third-order valence-corrected chi connectivity index (χ3v) is 2.21. The third kappa shape index (κ3) is 6.00. The van der Waals surface area contributed by atoms with Crippen molar-refractivity contribution in [2.45, 2.75) is 46.8 Å². The van der Waals surface area contributed by atoms with E-state index < -0.39 is 17.9 Å². The Balaban J connectivity index is 4.81. The standard InChI is InChI=1S/C13H24O5/c1-8(2)17-12(14)11(10(5)7-16-6)13(15)18-9(3)4/h8-11H,7H2,1-6H3. The maximum atomic E-state index is 11.9. The van der Waals surface area contributed by atoms with Gasteiger partial charge in [0.25, 0.3) is 0 Å². The van der Waals surface area contributed by atoms with Crippen LogP contribution in [0.1, 0.15) is 34.6 Å². The average Bonchev–Trinajstić information content (AvgIpc) is 2.14. The molecule has 0 aromatic rings. The van der Waals surface area contributed by atoms with Crippen molar-refractivity contribution in [1.82, 2.24) is 0 Å². The molecule has 106 valence electrons. The van der Waals surface area contributed by atoms with Crippen LogP contribution in [0.25, 0.3) is 0 Å². The molecule has 0 aromatic heterocycles. The lowest BCUT2D eigenvalue weighted by molar-refractivity contribution is -0.169. The molecule has 18 heavy (non-hydrogen) atoms. The Hall–Kier alpha value is -1.10. The maximum absolute atomic E-state index is 11.9. The van der Waals surface area contributed by atoms with Gasteiger partial charge in [0.05, 0.1) is 18.8 Å². The first-order valence-corrected chi connectivity index (χ1v) is 6.19. The molecule has 0 N–H and O–H groups in total. The number of carbonyl (C=O) groups is 2. The smallest absolute Gasteiger partial charge is 0.320 e. The maximum Gasteiger partial charge on any atom is 0.320 e. The van der Waals surface area contributed by atoms with E-state index >= 15 is 0 Å². The van der Waals surface area contributed by atoms with E-state index in [1.807, 2.05) is 0 Å². The van der Waals surface area contributed by atoms with Gasteiger partial charge in [-0.05, 0) is 27.7 Å². The predicted octanol–water partition coefficient (Wildman–Crippen LogP) is 1.79. The molecule has 0 aliphatic heterocycles. The lowest BCUT2D eigenvalue weighted by Gasteiger charge is -2.22. The van der Waals surface area contributed by atoms with Crippen LogP contribution in [-0.2, 0) is 23.8 Å². The van der Waals surface area contributed by atoms with Gasteiger partial charge >= 0.3 is 11.9 Å². The zero-order valence-corrected chi connectivity index (χ0v) is 12.1. The molecule has 0 radical (unpaired) electrons. The number of hydrogen-bond donors (Lipinski definition) is 0. The summed E-state index contributed by atoms with van der Waals surface area (Å²) < 4.78 is 15.2. The van der Waals surface area contributed by atoms with Crippen LogP contribution in [0.2, 0.25) is 0 Å². The summed E-state index contributed by atoms with van der Waals surface area (Å²) in [7, 11) is 1.52. The van der Waals surface area contributed by atoms with Crippen molar-refractivity contribution in [3.8, 4) is 0 Å². The van der Waals surface area contributed by atoms with Crippen molar-refractivity contribution in [2.24, 2.45) is 11.8 Å². The van der Waals surface area contributed by atoms with Gasteiger partial charge in [0, 0.05) is 13.0 Å². The molecule has 1 atom stereocenters. The van der Waals surface area contributed by atoms with Gasteiger partial charge in [-0.1, -0.05) is 6.92 Å². The second kappa shape index (κ2) is 8.08. The van der Waals surface area contributed by atoms with Gasteiger partial charge in [0.15, 0.2) is 5.92 Å². The monoisotopic (exact) mass is 260 g/mol. The van der Waals surface area contributed by atoms with E-state index in [0.717, 1.165) is 0 Å². The Bertz CT molecular complexity index is 251. The van der Waals surface area contributed by atoms with Crippen LogP contribution in [-0.4, -0.2) is 37.9 Å². The normalized spacial score (nSPS) is 12.9. The number of carbonyl (C=O) groups excluding carboxylic acids is 2. The highest BCUT2D eigenvalue weighted by Crippen LogP contribution is 2.18. The van der Waals surface area contributed by atoms with Gasteiger partial charge in [-0.15, -0.1) is 0 Å². The van der Waals surface area contributed by atoms with E-state index in [9.17, 15) is 9.59 Å². The second-order valence-electron chi connectivity index (χ2n) is 4.88. The first-order chi connectivity index (χ1) is 8.29. The molecule has 1 unspecified atom stereocenters. The molecule has 0 fully saturated rings. The fourth-order valence-electron chi connectivity index (χ4n) is 1.53. The summed E-state index contributed by atoms with van der Waals surface area (Å²) in [6.45, 7) is 9.02. The Kier molecular flexibility index (Phi) is 7.59. The van der Waals surface area contributed by atoms with E-state index in [1.165, 1.54) is 7.11 Å². The molecule has 5 nitrogen and oxygen atoms in total. The molecule has 0 heterocycles. The number of esters is 2. The molecule has 5 heteroatoms. The van der Waals surface area contributed by atoms with Crippen molar-refractivity contribution in [2.75, 3.05) is 13.7 Å². The van der Waals surface area contributed by atoms with Gasteiger partial charge < -0.3 is 14.2 Å². The molecule has 0 amide bonds. The fourth-order valence-corrected chi connectivity index (χ4v) is 1.53. The van der Waals surface area contributed by atoms with Crippen LogP contribution in [0, 0.1) is 11.8 Å². The Morgan fingerprint density at radius 2 is 1.28 bits per heavy atom. The van der Waals surface area contributed by atoms with Crippen LogP contribution in [0.5, 0.6) is 0 Å². The van der Waals surface area contributed by atoms with Crippen LogP contribution < -0.4 is 0 Å². The molecule has 0 aromatic carbocycles. The zero-order valence-electron chi connectivity index (χ0n) is 12.1. The van der Waals surface area contributed by atoms with Crippen molar-refractivity contribution in [3.63, 3.8) is 0 Å². The molecular formula is C13H24O5. The van der Waals surface area contributed by atoms with Gasteiger partial charge in [0.1, 0.15) is 0 Å². The van der Waals surface area contributed by atoms with Crippen LogP contribution in [0.3, 0.4) is 0 Å². The highest BCUT2D eigenvalue weighted by Gasteiger charge is 2.36. The molecule has 0 aliphatic carbocycles. The number of ether oxygens (including phenoxy) is 3. The van der Waals surface area contributed by atoms with Gasteiger partial charge in [-0.25, -0.2) is 0 Å². The second-order valence-corrected chi connectivity index (χ2v) is 4.88. The first-order valence-electron chi connectivity index (χ1n) is 6.19. The quantitative estimate of drug-likeness (QED) is 0.516. The van der Waals surface area contributed by atoms with E-state index in [0.29, 0.717) is 6.61 Å². The molecule has 0 rings (SSSR count). The summed E-state index contributed by atoms with van der Waals surface area (Å²) in [6, 6.07) is 0. The van der Waals surface area contributed by atoms with Crippen molar-refractivity contribution in [3.05, 3.63) is 0 Å². The lowest BCUT2D eigenvalue weighted by Crippen LogP contribution is -2.37. The van der Waals surface area contributed by atoms with Gasteiger partial charge in [-0.2, -0.15) is 0 Å². The molecule has 0 aliphatic rings. The minimum absolute atomic E-state index is 0.262. The van der Waals surface area contributed by atoms with Crippen LogP contribution in [0.15, 0.2) is 0 Å². The van der Waals surface area contributed by atoms with Crippen molar-refractivity contribution < 1.29 is 23.8 Å². The van der Waals surface area contributed by atoms with E-state index in [2.05, 4.69) is 0 Å². The number of hydrogen-bond acceptors (Lipinski definition) is 5. The Labute approximate surface area is 109 Å². The predicted molar refractivity (Wildman–Crippen MR) is 67.0 cm³/mol. The molecule has 0 saturated carbocycles. The first kappa shape index (κ1) is 16.9. The Morgan fingerprint density at radius 1 is 0.889 bits per heavy atom. The van der Waals surface area contributed by atoms with E-state index in [-0.39, 0.29) is 18.1 Å². The van der Waals surface area contributed by atoms with E-state index in [4.69, 9.17) is 14.2 Å². The van der Waals surface area contributed by atoms with Gasteiger partial charge in [0.2, 0.25) is 0 Å². The molecule has 0 bridgehead atoms. The van der Waals surface area contributed by atoms with Crippen LogP contribution >= 0.6 is 0 Å². The highest BCUT2D eigenvalue weighted by molar-refractivity contribution is 5.95. The Morgan fingerprint density at radius 3 is 1.56 bits per heavy atom. The summed E-state index contributed by atoms with van der Waals surface area (Å²) in [6.07, 6.45) is -0.525. The topological polar surface area (TPSA) is 61.8 Å². The summed E-state index contributed by atoms with van der Waals surface area (Å²) >= 11 is 0. The fraction of sp³-hybridized carbons (Fsp3) is 0.846. The average molecular weight is 260 g/mol. The lowest BCUT2D eigenvalue weighted by atomic mass is 9.95. The molecule has 0 spiro atoms. The van der Waals surface area contributed by atoms with Crippen LogP contribution in [0.4, 0.5) is 0 Å². The van der Waals surface area contributed by atoms with Crippen molar-refractivity contribution >= 4 is 11.9 Å². The number of rotatable bonds is 7. The minimum atomic E-state index is -0.935. The molecular weight excluding hydrogens is 236 g/mol. The summed E-state index contributed by atoms with van der Waals surface area (Å²) in [4.78, 5) is 23.8. The highest BCUT2D eigenvalue weighted by atomic mass is 16.6. The largest absolute Gasteiger partial charge is 0.462 e. The van der Waals surface area contributed by atoms with Gasteiger partial charge in [-0.3, -0.25) is 9.59 Å². The SMILES string of the molecule is COCC(C)C(C(=O)OC(C)C)C(=O)OC(C)C. The summed E-state index contributed by atoms with van der Waals surface area (Å²) in [5, 5.41) is 0. The summed E-state index contributed by atoms with van der Waals surface area (Å²) in [5.41, 5.74) is 0. The minimum Gasteiger partial charge on any atom is -0.462 e. The zero-order chi connectivity index (χ0) is 14.3. The van der Waals surface area contributed by atoms with E-state index in [1.54, 1.807) is 34.6 Å². The summed E-state index contributed by atoms with van der Waals surface area (Å²) in [5.74, 6) is -2.33. The molecule has 0 saturated heterocycles. The van der Waals surface area contributed by atoms with Crippen molar-refractivity contribution in [1.29, 1.82) is 0 Å². The third-order valence-electron chi connectivity index (χ3n) is 2.21.